The van der Waals surface area contributed by atoms with Crippen LogP contribution < -0.4 is 5.32 Å². The van der Waals surface area contributed by atoms with E-state index in [4.69, 9.17) is 4.74 Å². The van der Waals surface area contributed by atoms with E-state index in [2.05, 4.69) is 19.2 Å². The highest BCUT2D eigenvalue weighted by molar-refractivity contribution is 5.96. The fraction of sp³-hybridized carbons (Fsp3) is 0.857. The summed E-state index contributed by atoms with van der Waals surface area (Å²) in [4.78, 5) is 26.0. The van der Waals surface area contributed by atoms with Crippen LogP contribution in [0.4, 0.5) is 0 Å². The first kappa shape index (κ1) is 14.3. The van der Waals surface area contributed by atoms with Gasteiger partial charge < -0.3 is 15.0 Å². The molecule has 2 fully saturated rings. The second-order valence-electron chi connectivity index (χ2n) is 6.17. The first-order valence-corrected chi connectivity index (χ1v) is 7.04. The predicted molar refractivity (Wildman–Crippen MR) is 71.5 cm³/mol. The summed E-state index contributed by atoms with van der Waals surface area (Å²) in [5.41, 5.74) is -0.0999. The highest BCUT2D eigenvalue weighted by Gasteiger charge is 2.55. The molecular weight excluding hydrogens is 244 g/mol. The minimum Gasteiger partial charge on any atom is -0.378 e. The highest BCUT2D eigenvalue weighted by Crippen LogP contribution is 2.47. The number of nitrogens with one attached hydrogen (secondary N) is 1. The third-order valence-corrected chi connectivity index (χ3v) is 4.61. The molecule has 5 nitrogen and oxygen atoms in total. The normalized spacial score (nSPS) is 37.8. The van der Waals surface area contributed by atoms with Gasteiger partial charge in [0, 0.05) is 18.1 Å². The molecule has 0 aromatic carbocycles. The van der Waals surface area contributed by atoms with Gasteiger partial charge in [-0.3, -0.25) is 9.59 Å². The standard InChI is InChI=1S/C14H24N2O3/c1-6-19-11-7-10(14(11,4)5)16-9(3)12(17)15-8(2)13(16)18/h8-11H,6-7H2,1-5H3,(H,15,17). The van der Waals surface area contributed by atoms with Crippen LogP contribution in [0.15, 0.2) is 0 Å². The van der Waals surface area contributed by atoms with Gasteiger partial charge in [-0.05, 0) is 27.2 Å². The van der Waals surface area contributed by atoms with Gasteiger partial charge in [-0.15, -0.1) is 0 Å². The Morgan fingerprint density at radius 1 is 1.37 bits per heavy atom. The molecule has 19 heavy (non-hydrogen) atoms. The van der Waals surface area contributed by atoms with Crippen LogP contribution in [0.5, 0.6) is 0 Å². The molecule has 2 amide bonds. The topological polar surface area (TPSA) is 58.6 Å². The van der Waals surface area contributed by atoms with E-state index in [0.29, 0.717) is 6.61 Å². The van der Waals surface area contributed by atoms with Crippen LogP contribution in [-0.2, 0) is 14.3 Å². The Hall–Kier alpha value is -1.10. The number of amides is 2. The summed E-state index contributed by atoms with van der Waals surface area (Å²) in [5.74, 6) is -0.0529. The Bertz CT molecular complexity index is 394. The molecule has 0 aromatic heterocycles. The molecule has 4 atom stereocenters. The third kappa shape index (κ3) is 2.14. The molecule has 1 saturated carbocycles. The molecule has 0 bridgehead atoms. The fourth-order valence-electron chi connectivity index (χ4n) is 3.18. The summed E-state index contributed by atoms with van der Waals surface area (Å²) in [6.07, 6.45) is 0.986. The molecule has 1 heterocycles. The monoisotopic (exact) mass is 268 g/mol. The van der Waals surface area contributed by atoms with Crippen LogP contribution >= 0.6 is 0 Å². The fourth-order valence-corrected chi connectivity index (χ4v) is 3.18. The van der Waals surface area contributed by atoms with Gasteiger partial charge in [-0.1, -0.05) is 13.8 Å². The molecule has 1 saturated heterocycles. The molecule has 4 unspecified atom stereocenters. The zero-order chi connectivity index (χ0) is 14.4. The first-order chi connectivity index (χ1) is 8.80. The van der Waals surface area contributed by atoms with Crippen molar-refractivity contribution in [2.24, 2.45) is 5.41 Å². The van der Waals surface area contributed by atoms with Crippen molar-refractivity contribution in [1.29, 1.82) is 0 Å². The molecule has 1 aliphatic heterocycles. The second-order valence-corrected chi connectivity index (χ2v) is 6.17. The lowest BCUT2D eigenvalue weighted by Gasteiger charge is -2.58. The molecule has 1 aliphatic carbocycles. The van der Waals surface area contributed by atoms with E-state index in [0.717, 1.165) is 6.42 Å². The Morgan fingerprint density at radius 2 is 2.00 bits per heavy atom. The molecule has 108 valence electrons. The minimum absolute atomic E-state index is 0.0140. The molecular formula is C14H24N2O3. The van der Waals surface area contributed by atoms with Crippen LogP contribution in [0.2, 0.25) is 0 Å². The van der Waals surface area contributed by atoms with Crippen molar-refractivity contribution in [2.45, 2.75) is 65.3 Å². The summed E-state index contributed by atoms with van der Waals surface area (Å²) in [6, 6.07) is -0.735. The van der Waals surface area contributed by atoms with Crippen molar-refractivity contribution in [3.05, 3.63) is 0 Å². The lowest BCUT2D eigenvalue weighted by molar-refractivity contribution is -0.181. The number of hydrogen-bond acceptors (Lipinski definition) is 3. The molecule has 0 spiro atoms. The Morgan fingerprint density at radius 3 is 2.53 bits per heavy atom. The largest absolute Gasteiger partial charge is 0.378 e. The van der Waals surface area contributed by atoms with Crippen LogP contribution in [0.3, 0.4) is 0 Å². The van der Waals surface area contributed by atoms with E-state index in [1.54, 1.807) is 18.7 Å². The van der Waals surface area contributed by atoms with Gasteiger partial charge in [0.05, 0.1) is 6.10 Å². The number of carbonyl (C=O) groups is 2. The van der Waals surface area contributed by atoms with Crippen LogP contribution in [0.1, 0.15) is 41.0 Å². The maximum absolute atomic E-state index is 12.3. The van der Waals surface area contributed by atoms with Gasteiger partial charge in [0.25, 0.3) is 0 Å². The number of hydrogen-bond donors (Lipinski definition) is 1. The Kier molecular flexibility index (Phi) is 3.60. The minimum atomic E-state index is -0.425. The molecule has 1 N–H and O–H groups in total. The summed E-state index contributed by atoms with van der Waals surface area (Å²) in [6.45, 7) is 10.4. The van der Waals surface area contributed by atoms with E-state index in [1.165, 1.54) is 0 Å². The van der Waals surface area contributed by atoms with Crippen LogP contribution in [0, 0.1) is 5.41 Å². The molecule has 0 radical (unpaired) electrons. The smallest absolute Gasteiger partial charge is 0.245 e. The van der Waals surface area contributed by atoms with Crippen molar-refractivity contribution >= 4 is 11.8 Å². The van der Waals surface area contributed by atoms with E-state index in [-0.39, 0.29) is 29.4 Å². The van der Waals surface area contributed by atoms with Crippen molar-refractivity contribution in [3.63, 3.8) is 0 Å². The number of carbonyl (C=O) groups excluding carboxylic acids is 2. The Labute approximate surface area is 114 Å². The molecule has 5 heteroatoms. The quantitative estimate of drug-likeness (QED) is 0.828. The van der Waals surface area contributed by atoms with E-state index in [1.807, 2.05) is 6.92 Å². The van der Waals surface area contributed by atoms with Gasteiger partial charge in [0.1, 0.15) is 12.1 Å². The summed E-state index contributed by atoms with van der Waals surface area (Å²) < 4.78 is 5.70. The average molecular weight is 268 g/mol. The highest BCUT2D eigenvalue weighted by atomic mass is 16.5. The first-order valence-electron chi connectivity index (χ1n) is 7.04. The van der Waals surface area contributed by atoms with Gasteiger partial charge in [-0.2, -0.15) is 0 Å². The molecule has 2 aliphatic rings. The number of piperazine rings is 1. The van der Waals surface area contributed by atoms with Gasteiger partial charge in [0.2, 0.25) is 11.8 Å². The van der Waals surface area contributed by atoms with Crippen molar-refractivity contribution in [1.82, 2.24) is 10.2 Å². The summed E-state index contributed by atoms with van der Waals surface area (Å²) in [7, 11) is 0. The zero-order valence-corrected chi connectivity index (χ0v) is 12.4. The molecule has 2 rings (SSSR count). The SMILES string of the molecule is CCOC1CC(N2C(=O)C(C)NC(=O)C2C)C1(C)C. The van der Waals surface area contributed by atoms with Crippen molar-refractivity contribution < 1.29 is 14.3 Å². The van der Waals surface area contributed by atoms with Crippen molar-refractivity contribution in [3.8, 4) is 0 Å². The van der Waals surface area contributed by atoms with Crippen LogP contribution in [-0.4, -0.2) is 47.6 Å². The average Bonchev–Trinajstić information content (AvgIpc) is 2.34. The zero-order valence-electron chi connectivity index (χ0n) is 12.4. The van der Waals surface area contributed by atoms with E-state index >= 15 is 0 Å². The number of nitrogens with zero attached hydrogens (tertiary/aromatic N) is 1. The maximum atomic E-state index is 12.3. The van der Waals surface area contributed by atoms with Gasteiger partial charge >= 0.3 is 0 Å². The van der Waals surface area contributed by atoms with Gasteiger partial charge in [0.15, 0.2) is 0 Å². The number of ether oxygens (including phenoxy) is 1. The van der Waals surface area contributed by atoms with E-state index in [9.17, 15) is 9.59 Å². The summed E-state index contributed by atoms with van der Waals surface area (Å²) >= 11 is 0. The lowest BCUT2D eigenvalue weighted by Crippen LogP contribution is -2.71. The lowest BCUT2D eigenvalue weighted by atomic mass is 9.63. The molecule has 0 aromatic rings. The second kappa shape index (κ2) is 4.78. The third-order valence-electron chi connectivity index (χ3n) is 4.61. The van der Waals surface area contributed by atoms with Crippen molar-refractivity contribution in [2.75, 3.05) is 6.61 Å². The summed E-state index contributed by atoms with van der Waals surface area (Å²) in [5, 5.41) is 2.71. The number of rotatable bonds is 3. The van der Waals surface area contributed by atoms with E-state index < -0.39 is 12.1 Å². The van der Waals surface area contributed by atoms with Gasteiger partial charge in [-0.25, -0.2) is 0 Å². The Balaban J connectivity index is 2.17. The predicted octanol–water partition coefficient (Wildman–Crippen LogP) is 0.925. The maximum Gasteiger partial charge on any atom is 0.245 e. The van der Waals surface area contributed by atoms with Crippen LogP contribution in [0.25, 0.3) is 0 Å².